The highest BCUT2D eigenvalue weighted by atomic mass is 19.1. The van der Waals surface area contributed by atoms with Crippen LogP contribution in [-0.4, -0.2) is 35.4 Å². The summed E-state index contributed by atoms with van der Waals surface area (Å²) in [4.78, 5) is 2.01. The largest absolute Gasteiger partial charge is 0.395 e. The maximum Gasteiger partial charge on any atom is 0.114 e. The van der Waals surface area contributed by atoms with Crippen LogP contribution in [0, 0.1) is 0 Å². The molecule has 0 aliphatic carbocycles. The number of hydrogen-bond acceptors (Lipinski definition) is 2. The molecule has 15 heavy (non-hydrogen) atoms. The van der Waals surface area contributed by atoms with Gasteiger partial charge < -0.3 is 5.11 Å². The fourth-order valence-electron chi connectivity index (χ4n) is 2.12. The third-order valence-electron chi connectivity index (χ3n) is 2.92. The van der Waals surface area contributed by atoms with Crippen molar-refractivity contribution in [3.63, 3.8) is 0 Å². The summed E-state index contributed by atoms with van der Waals surface area (Å²) in [5.74, 6) is 0. The summed E-state index contributed by atoms with van der Waals surface area (Å²) >= 11 is 0. The van der Waals surface area contributed by atoms with Crippen LogP contribution in [0.5, 0.6) is 0 Å². The lowest BCUT2D eigenvalue weighted by Crippen LogP contribution is -2.31. The van der Waals surface area contributed by atoms with Gasteiger partial charge in [0, 0.05) is 19.1 Å². The summed E-state index contributed by atoms with van der Waals surface area (Å²) in [7, 11) is 0. The van der Waals surface area contributed by atoms with E-state index in [4.69, 9.17) is 5.11 Å². The Hall–Kier alpha value is -0.930. The molecule has 3 heteroatoms. The SMILES string of the molecule is OC[C@H]1C[C@@H](F)CN1Cc1ccccc1. The van der Waals surface area contributed by atoms with Crippen LogP contribution in [0.1, 0.15) is 12.0 Å². The number of likely N-dealkylation sites (tertiary alicyclic amines) is 1. The minimum atomic E-state index is -0.786. The predicted molar refractivity (Wildman–Crippen MR) is 57.2 cm³/mol. The first kappa shape index (κ1) is 10.6. The molecule has 1 aromatic rings. The van der Waals surface area contributed by atoms with Gasteiger partial charge in [0.05, 0.1) is 6.61 Å². The van der Waals surface area contributed by atoms with E-state index in [2.05, 4.69) is 0 Å². The van der Waals surface area contributed by atoms with Crippen molar-refractivity contribution in [2.24, 2.45) is 0 Å². The van der Waals surface area contributed by atoms with Gasteiger partial charge in [-0.1, -0.05) is 30.3 Å². The zero-order chi connectivity index (χ0) is 10.7. The molecule has 1 aromatic carbocycles. The summed E-state index contributed by atoms with van der Waals surface area (Å²) in [5.41, 5.74) is 1.17. The molecule has 0 aromatic heterocycles. The average molecular weight is 209 g/mol. The van der Waals surface area contributed by atoms with E-state index in [1.807, 2.05) is 35.2 Å². The lowest BCUT2D eigenvalue weighted by atomic mass is 10.2. The van der Waals surface area contributed by atoms with E-state index in [1.54, 1.807) is 0 Å². The molecule has 1 saturated heterocycles. The molecule has 2 nitrogen and oxygen atoms in total. The number of halogens is 1. The number of alkyl halides is 1. The molecule has 0 saturated carbocycles. The van der Waals surface area contributed by atoms with Crippen LogP contribution in [0.15, 0.2) is 30.3 Å². The molecule has 82 valence electrons. The van der Waals surface area contributed by atoms with Gasteiger partial charge >= 0.3 is 0 Å². The summed E-state index contributed by atoms with van der Waals surface area (Å²) in [6.45, 7) is 1.22. The number of rotatable bonds is 3. The summed E-state index contributed by atoms with van der Waals surface area (Å²) in [6, 6.07) is 9.97. The Bertz CT molecular complexity index is 304. The zero-order valence-corrected chi connectivity index (χ0v) is 8.64. The second kappa shape index (κ2) is 4.73. The van der Waals surface area contributed by atoms with Gasteiger partial charge in [-0.2, -0.15) is 0 Å². The summed E-state index contributed by atoms with van der Waals surface area (Å²) in [6.07, 6.45) is -0.325. The van der Waals surface area contributed by atoms with E-state index >= 15 is 0 Å². The van der Waals surface area contributed by atoms with Gasteiger partial charge in [0.2, 0.25) is 0 Å². The molecule has 1 fully saturated rings. The van der Waals surface area contributed by atoms with Crippen LogP contribution < -0.4 is 0 Å². The third kappa shape index (κ3) is 2.55. The number of aliphatic hydroxyl groups excluding tert-OH is 1. The van der Waals surface area contributed by atoms with Crippen LogP contribution in [0.3, 0.4) is 0 Å². The Labute approximate surface area is 89.3 Å². The predicted octanol–water partition coefficient (Wildman–Crippen LogP) is 1.59. The van der Waals surface area contributed by atoms with Crippen molar-refractivity contribution in [3.8, 4) is 0 Å². The van der Waals surface area contributed by atoms with Crippen molar-refractivity contribution in [1.29, 1.82) is 0 Å². The summed E-state index contributed by atoms with van der Waals surface area (Å²) in [5, 5.41) is 9.12. The molecule has 1 heterocycles. The molecule has 0 bridgehead atoms. The topological polar surface area (TPSA) is 23.5 Å². The molecule has 0 amide bonds. The van der Waals surface area contributed by atoms with Crippen molar-refractivity contribution in [3.05, 3.63) is 35.9 Å². The van der Waals surface area contributed by atoms with Crippen LogP contribution in [-0.2, 0) is 6.54 Å². The minimum Gasteiger partial charge on any atom is -0.395 e. The Morgan fingerprint density at radius 2 is 2.07 bits per heavy atom. The first-order chi connectivity index (χ1) is 7.29. The molecule has 1 aliphatic rings. The van der Waals surface area contributed by atoms with E-state index < -0.39 is 6.17 Å². The normalized spacial score (nSPS) is 27.1. The van der Waals surface area contributed by atoms with Gasteiger partial charge in [0.25, 0.3) is 0 Å². The van der Waals surface area contributed by atoms with Crippen molar-refractivity contribution < 1.29 is 9.50 Å². The van der Waals surface area contributed by atoms with Crippen LogP contribution >= 0.6 is 0 Å². The standard InChI is InChI=1S/C12H16FNO/c13-11-6-12(9-15)14(8-11)7-10-4-2-1-3-5-10/h1-5,11-12,15H,6-9H2/t11-,12-/m1/s1. The van der Waals surface area contributed by atoms with E-state index in [0.29, 0.717) is 13.0 Å². The summed E-state index contributed by atoms with van der Waals surface area (Å²) < 4.78 is 13.2. The molecule has 1 aliphatic heterocycles. The quantitative estimate of drug-likeness (QED) is 0.817. The van der Waals surface area contributed by atoms with E-state index in [-0.39, 0.29) is 12.6 Å². The molecule has 2 rings (SSSR count). The number of nitrogens with zero attached hydrogens (tertiary/aromatic N) is 1. The minimum absolute atomic E-state index is 0.0137. The van der Waals surface area contributed by atoms with Gasteiger partial charge in [0.15, 0.2) is 0 Å². The zero-order valence-electron chi connectivity index (χ0n) is 8.64. The van der Waals surface area contributed by atoms with Gasteiger partial charge in [-0.25, -0.2) is 4.39 Å². The highest BCUT2D eigenvalue weighted by Crippen LogP contribution is 2.22. The van der Waals surface area contributed by atoms with Gasteiger partial charge in [-0.3, -0.25) is 4.90 Å². The van der Waals surface area contributed by atoms with Gasteiger partial charge in [0.1, 0.15) is 6.17 Å². The number of benzene rings is 1. The second-order valence-corrected chi connectivity index (χ2v) is 4.08. The Kier molecular flexibility index (Phi) is 3.34. The highest BCUT2D eigenvalue weighted by molar-refractivity contribution is 5.15. The van der Waals surface area contributed by atoms with E-state index in [0.717, 1.165) is 6.54 Å². The Morgan fingerprint density at radius 1 is 1.33 bits per heavy atom. The Morgan fingerprint density at radius 3 is 2.73 bits per heavy atom. The molecule has 2 atom stereocenters. The first-order valence-electron chi connectivity index (χ1n) is 5.32. The average Bonchev–Trinajstić information content (AvgIpc) is 2.60. The Balaban J connectivity index is 2.00. The smallest absolute Gasteiger partial charge is 0.114 e. The second-order valence-electron chi connectivity index (χ2n) is 4.08. The van der Waals surface area contributed by atoms with Crippen molar-refractivity contribution in [2.45, 2.75) is 25.2 Å². The van der Waals surface area contributed by atoms with Gasteiger partial charge in [-0.05, 0) is 12.0 Å². The van der Waals surface area contributed by atoms with E-state index in [9.17, 15) is 4.39 Å². The van der Waals surface area contributed by atoms with Crippen LogP contribution in [0.4, 0.5) is 4.39 Å². The van der Waals surface area contributed by atoms with Crippen molar-refractivity contribution in [1.82, 2.24) is 4.90 Å². The molecule has 0 unspecified atom stereocenters. The third-order valence-corrected chi connectivity index (χ3v) is 2.92. The fourth-order valence-corrected chi connectivity index (χ4v) is 2.12. The number of aliphatic hydroxyl groups is 1. The molecule has 0 radical (unpaired) electrons. The lowest BCUT2D eigenvalue weighted by molar-refractivity contribution is 0.153. The van der Waals surface area contributed by atoms with Crippen LogP contribution in [0.2, 0.25) is 0 Å². The number of hydrogen-bond donors (Lipinski definition) is 1. The molecule has 1 N–H and O–H groups in total. The van der Waals surface area contributed by atoms with Crippen molar-refractivity contribution in [2.75, 3.05) is 13.2 Å². The lowest BCUT2D eigenvalue weighted by Gasteiger charge is -2.21. The van der Waals surface area contributed by atoms with E-state index in [1.165, 1.54) is 5.56 Å². The highest BCUT2D eigenvalue weighted by Gasteiger charge is 2.31. The van der Waals surface area contributed by atoms with Crippen molar-refractivity contribution >= 4 is 0 Å². The first-order valence-corrected chi connectivity index (χ1v) is 5.32. The maximum absolute atomic E-state index is 13.2. The molecular weight excluding hydrogens is 193 g/mol. The fraction of sp³-hybridized carbons (Fsp3) is 0.500. The monoisotopic (exact) mass is 209 g/mol. The molecule has 0 spiro atoms. The van der Waals surface area contributed by atoms with Crippen LogP contribution in [0.25, 0.3) is 0 Å². The van der Waals surface area contributed by atoms with Gasteiger partial charge in [-0.15, -0.1) is 0 Å². The maximum atomic E-state index is 13.2. The molecular formula is C12H16FNO.